The van der Waals surface area contributed by atoms with Gasteiger partial charge in [0.25, 0.3) is 0 Å². The van der Waals surface area contributed by atoms with Gasteiger partial charge in [-0.1, -0.05) is 27.5 Å². The molecule has 0 bridgehead atoms. The molecule has 2 nitrogen and oxygen atoms in total. The van der Waals surface area contributed by atoms with Crippen molar-refractivity contribution in [1.29, 1.82) is 0 Å². The molecule has 1 rings (SSSR count). The molecule has 0 spiro atoms. The molecule has 0 saturated heterocycles. The van der Waals surface area contributed by atoms with Crippen LogP contribution in [0, 0.1) is 5.82 Å². The van der Waals surface area contributed by atoms with Gasteiger partial charge >= 0.3 is 7.12 Å². The standard InChI is InChI=1S/C6H3BBr2ClFO2/c8-2-1-3(11)6(10)5(9)4(2)7(12)13/h1,12-13H. The first-order valence-corrected chi connectivity index (χ1v) is 5.10. The molecule has 0 radical (unpaired) electrons. The van der Waals surface area contributed by atoms with Crippen molar-refractivity contribution >= 4 is 56.0 Å². The molecule has 0 heterocycles. The summed E-state index contributed by atoms with van der Waals surface area (Å²) in [6.45, 7) is 0. The van der Waals surface area contributed by atoms with E-state index in [0.717, 1.165) is 6.07 Å². The van der Waals surface area contributed by atoms with E-state index >= 15 is 0 Å². The molecule has 1 aromatic carbocycles. The highest BCUT2D eigenvalue weighted by atomic mass is 79.9. The minimum absolute atomic E-state index is 0.103. The molecule has 70 valence electrons. The second-order valence-corrected chi connectivity index (χ2v) is 4.28. The average Bonchev–Trinajstić information content (AvgIpc) is 1.99. The molecule has 0 saturated carbocycles. The number of rotatable bonds is 1. The second-order valence-electron chi connectivity index (χ2n) is 2.26. The summed E-state index contributed by atoms with van der Waals surface area (Å²) in [5.74, 6) is -0.634. The van der Waals surface area contributed by atoms with Gasteiger partial charge < -0.3 is 10.0 Å². The molecule has 0 unspecified atom stereocenters. The zero-order chi connectivity index (χ0) is 10.2. The van der Waals surface area contributed by atoms with Gasteiger partial charge in [-0.2, -0.15) is 0 Å². The predicted octanol–water partition coefficient (Wildman–Crippen LogP) is 1.68. The first-order valence-electron chi connectivity index (χ1n) is 3.14. The summed E-state index contributed by atoms with van der Waals surface area (Å²) in [5, 5.41) is 17.7. The molecular formula is C6H3BBr2ClFO2. The summed E-state index contributed by atoms with van der Waals surface area (Å²) >= 11 is 11.5. The average molecular weight is 332 g/mol. The van der Waals surface area contributed by atoms with Crippen LogP contribution >= 0.6 is 43.5 Å². The smallest absolute Gasteiger partial charge is 0.423 e. The van der Waals surface area contributed by atoms with Crippen LogP contribution in [-0.4, -0.2) is 17.2 Å². The van der Waals surface area contributed by atoms with Crippen molar-refractivity contribution in [1.82, 2.24) is 0 Å². The first kappa shape index (κ1) is 11.5. The first-order chi connectivity index (χ1) is 5.95. The van der Waals surface area contributed by atoms with Crippen LogP contribution in [-0.2, 0) is 0 Å². The third kappa shape index (κ3) is 2.25. The number of halogens is 4. The highest BCUT2D eigenvalue weighted by Gasteiger charge is 2.22. The van der Waals surface area contributed by atoms with Gasteiger partial charge in [0.2, 0.25) is 0 Å². The van der Waals surface area contributed by atoms with Crippen molar-refractivity contribution in [3.8, 4) is 0 Å². The molecule has 0 aliphatic heterocycles. The van der Waals surface area contributed by atoms with E-state index in [4.69, 9.17) is 21.6 Å². The Morgan fingerprint density at radius 1 is 1.38 bits per heavy atom. The van der Waals surface area contributed by atoms with E-state index in [1.54, 1.807) is 0 Å². The van der Waals surface area contributed by atoms with Crippen molar-refractivity contribution in [3.05, 3.63) is 25.9 Å². The van der Waals surface area contributed by atoms with Crippen molar-refractivity contribution < 1.29 is 14.4 Å². The summed E-state index contributed by atoms with van der Waals surface area (Å²) in [5.41, 5.74) is 0.103. The zero-order valence-corrected chi connectivity index (χ0v) is 9.99. The number of hydrogen-bond acceptors (Lipinski definition) is 2. The fourth-order valence-corrected chi connectivity index (χ4v) is 2.45. The van der Waals surface area contributed by atoms with Crippen LogP contribution in [0.1, 0.15) is 0 Å². The summed E-state index contributed by atoms with van der Waals surface area (Å²) in [6.07, 6.45) is 0. The Balaban J connectivity index is 3.44. The highest BCUT2D eigenvalue weighted by molar-refractivity contribution is 9.11. The Morgan fingerprint density at radius 2 is 1.92 bits per heavy atom. The maximum absolute atomic E-state index is 12.9. The summed E-state index contributed by atoms with van der Waals surface area (Å²) < 4.78 is 13.3. The van der Waals surface area contributed by atoms with Crippen molar-refractivity contribution in [2.24, 2.45) is 0 Å². The Kier molecular flexibility index (Phi) is 3.77. The summed E-state index contributed by atoms with van der Waals surface area (Å²) in [6, 6.07) is 1.07. The minimum Gasteiger partial charge on any atom is -0.423 e. The largest absolute Gasteiger partial charge is 0.490 e. The fourth-order valence-electron chi connectivity index (χ4n) is 0.817. The second kappa shape index (κ2) is 4.27. The normalized spacial score (nSPS) is 10.3. The molecule has 2 N–H and O–H groups in total. The van der Waals surface area contributed by atoms with Gasteiger partial charge in [-0.25, -0.2) is 4.39 Å². The Labute approximate surface area is 96.1 Å². The predicted molar refractivity (Wildman–Crippen MR) is 56.6 cm³/mol. The van der Waals surface area contributed by atoms with Gasteiger partial charge in [-0.05, 0) is 22.0 Å². The van der Waals surface area contributed by atoms with E-state index in [0.29, 0.717) is 0 Å². The zero-order valence-electron chi connectivity index (χ0n) is 6.06. The highest BCUT2D eigenvalue weighted by Crippen LogP contribution is 2.27. The van der Waals surface area contributed by atoms with E-state index < -0.39 is 12.9 Å². The number of benzene rings is 1. The van der Waals surface area contributed by atoms with Gasteiger partial charge in [0, 0.05) is 14.4 Å². The lowest BCUT2D eigenvalue weighted by molar-refractivity contribution is 0.425. The molecule has 0 fully saturated rings. The lowest BCUT2D eigenvalue weighted by atomic mass is 9.80. The lowest BCUT2D eigenvalue weighted by Gasteiger charge is -2.08. The Morgan fingerprint density at radius 3 is 2.38 bits per heavy atom. The SMILES string of the molecule is OB(O)c1c(Br)cc(F)c(Cl)c1Br. The Hall–Kier alpha value is 0.385. The van der Waals surface area contributed by atoms with Crippen LogP contribution in [0.3, 0.4) is 0 Å². The molecule has 0 atom stereocenters. The van der Waals surface area contributed by atoms with Crippen LogP contribution < -0.4 is 5.46 Å². The molecule has 0 aliphatic rings. The van der Waals surface area contributed by atoms with E-state index in [1.807, 2.05) is 0 Å². The van der Waals surface area contributed by atoms with E-state index in [9.17, 15) is 4.39 Å². The van der Waals surface area contributed by atoms with Gasteiger partial charge in [0.1, 0.15) is 5.82 Å². The van der Waals surface area contributed by atoms with Crippen LogP contribution in [0.5, 0.6) is 0 Å². The van der Waals surface area contributed by atoms with Crippen molar-refractivity contribution in [3.63, 3.8) is 0 Å². The third-order valence-corrected chi connectivity index (χ3v) is 3.49. The molecular weight excluding hydrogens is 329 g/mol. The molecule has 0 aliphatic carbocycles. The molecule has 0 amide bonds. The van der Waals surface area contributed by atoms with Crippen LogP contribution in [0.2, 0.25) is 5.02 Å². The van der Waals surface area contributed by atoms with Crippen LogP contribution in [0.25, 0.3) is 0 Å². The molecule has 13 heavy (non-hydrogen) atoms. The topological polar surface area (TPSA) is 40.5 Å². The summed E-state index contributed by atoms with van der Waals surface area (Å²) in [7, 11) is -1.71. The lowest BCUT2D eigenvalue weighted by Crippen LogP contribution is -2.32. The Bertz CT molecular complexity index is 348. The van der Waals surface area contributed by atoms with Gasteiger partial charge in [0.15, 0.2) is 0 Å². The minimum atomic E-state index is -1.71. The van der Waals surface area contributed by atoms with E-state index in [2.05, 4.69) is 31.9 Å². The van der Waals surface area contributed by atoms with Gasteiger partial charge in [0.05, 0.1) is 5.02 Å². The maximum atomic E-state index is 12.9. The van der Waals surface area contributed by atoms with Crippen molar-refractivity contribution in [2.75, 3.05) is 0 Å². The quantitative estimate of drug-likeness (QED) is 0.467. The number of hydrogen-bond donors (Lipinski definition) is 2. The van der Waals surface area contributed by atoms with Gasteiger partial charge in [-0.15, -0.1) is 0 Å². The third-order valence-electron chi connectivity index (χ3n) is 1.41. The molecule has 7 heteroatoms. The maximum Gasteiger partial charge on any atom is 0.490 e. The monoisotopic (exact) mass is 330 g/mol. The molecule has 0 aromatic heterocycles. The van der Waals surface area contributed by atoms with Crippen molar-refractivity contribution in [2.45, 2.75) is 0 Å². The van der Waals surface area contributed by atoms with Crippen LogP contribution in [0.15, 0.2) is 15.0 Å². The van der Waals surface area contributed by atoms with E-state index in [-0.39, 0.29) is 19.4 Å². The molecule has 1 aromatic rings. The van der Waals surface area contributed by atoms with Gasteiger partial charge in [-0.3, -0.25) is 0 Å². The van der Waals surface area contributed by atoms with E-state index in [1.165, 1.54) is 0 Å². The summed E-state index contributed by atoms with van der Waals surface area (Å²) in [4.78, 5) is 0. The fraction of sp³-hybridized carbons (Fsp3) is 0. The van der Waals surface area contributed by atoms with Crippen LogP contribution in [0.4, 0.5) is 4.39 Å².